The summed E-state index contributed by atoms with van der Waals surface area (Å²) in [5.41, 5.74) is 0.288. The van der Waals surface area contributed by atoms with Gasteiger partial charge in [-0.25, -0.2) is 4.39 Å². The molecule has 1 heterocycles. The monoisotopic (exact) mass is 320 g/mol. The van der Waals surface area contributed by atoms with Gasteiger partial charge in [0.1, 0.15) is 5.82 Å². The third-order valence-electron chi connectivity index (χ3n) is 3.25. The maximum atomic E-state index is 13.6. The Bertz CT molecular complexity index is 643. The first kappa shape index (κ1) is 17.1. The molecule has 0 aliphatic rings. The van der Waals surface area contributed by atoms with Crippen LogP contribution in [0, 0.1) is 5.82 Å². The molecule has 0 aliphatic heterocycles. The summed E-state index contributed by atoms with van der Waals surface area (Å²) >= 11 is 0. The van der Waals surface area contributed by atoms with Crippen molar-refractivity contribution in [1.82, 2.24) is 20.4 Å². The van der Waals surface area contributed by atoms with Crippen LogP contribution in [0.25, 0.3) is 11.4 Å². The van der Waals surface area contributed by atoms with Crippen molar-refractivity contribution in [2.45, 2.75) is 19.3 Å². The van der Waals surface area contributed by atoms with Crippen molar-refractivity contribution >= 4 is 5.91 Å². The Morgan fingerprint density at radius 3 is 2.87 bits per heavy atom. The molecule has 1 N–H and O–H groups in total. The number of benzene rings is 1. The van der Waals surface area contributed by atoms with Gasteiger partial charge in [0.2, 0.25) is 17.6 Å². The van der Waals surface area contributed by atoms with E-state index in [-0.39, 0.29) is 23.7 Å². The van der Waals surface area contributed by atoms with Crippen LogP contribution < -0.4 is 5.32 Å². The molecular weight excluding hydrogens is 299 g/mol. The smallest absolute Gasteiger partial charge is 0.227 e. The van der Waals surface area contributed by atoms with Gasteiger partial charge in [-0.05, 0) is 39.2 Å². The van der Waals surface area contributed by atoms with E-state index < -0.39 is 5.82 Å². The number of rotatable bonds is 8. The summed E-state index contributed by atoms with van der Waals surface area (Å²) in [6.07, 6.45) is 1.50. The van der Waals surface area contributed by atoms with Crippen LogP contribution in [0.15, 0.2) is 28.8 Å². The number of carbonyl (C=O) groups is 1. The summed E-state index contributed by atoms with van der Waals surface area (Å²) in [6.45, 7) is 1.57. The van der Waals surface area contributed by atoms with E-state index in [2.05, 4.69) is 20.4 Å². The summed E-state index contributed by atoms with van der Waals surface area (Å²) in [4.78, 5) is 17.9. The minimum atomic E-state index is -0.404. The normalized spacial score (nSPS) is 11.0. The molecule has 0 saturated carbocycles. The van der Waals surface area contributed by atoms with Gasteiger partial charge in [-0.1, -0.05) is 17.3 Å². The number of nitrogens with one attached hydrogen (secondary N) is 1. The summed E-state index contributed by atoms with van der Waals surface area (Å²) in [6, 6.07) is 6.23. The number of aryl methyl sites for hydroxylation is 1. The number of hydrogen-bond acceptors (Lipinski definition) is 5. The van der Waals surface area contributed by atoms with Crippen LogP contribution in [0.2, 0.25) is 0 Å². The maximum Gasteiger partial charge on any atom is 0.227 e. The predicted molar refractivity (Wildman–Crippen MR) is 84.2 cm³/mol. The molecule has 2 rings (SSSR count). The molecule has 6 nitrogen and oxygen atoms in total. The van der Waals surface area contributed by atoms with Crippen molar-refractivity contribution < 1.29 is 13.7 Å². The van der Waals surface area contributed by atoms with Gasteiger partial charge in [0.05, 0.1) is 5.56 Å². The number of hydrogen-bond donors (Lipinski definition) is 1. The van der Waals surface area contributed by atoms with Crippen molar-refractivity contribution in [3.8, 4) is 11.4 Å². The van der Waals surface area contributed by atoms with E-state index >= 15 is 0 Å². The topological polar surface area (TPSA) is 71.3 Å². The van der Waals surface area contributed by atoms with Gasteiger partial charge in [-0.2, -0.15) is 4.98 Å². The van der Waals surface area contributed by atoms with Gasteiger partial charge in [0, 0.05) is 19.4 Å². The SMILES string of the molecule is CN(C)CCCNC(=O)CCc1nc(-c2ccccc2F)no1. The molecule has 0 saturated heterocycles. The van der Waals surface area contributed by atoms with Crippen LogP contribution in [-0.2, 0) is 11.2 Å². The summed E-state index contributed by atoms with van der Waals surface area (Å²) in [7, 11) is 3.98. The Morgan fingerprint density at radius 1 is 1.35 bits per heavy atom. The van der Waals surface area contributed by atoms with E-state index in [4.69, 9.17) is 4.52 Å². The molecule has 0 bridgehead atoms. The number of halogens is 1. The van der Waals surface area contributed by atoms with Crippen LogP contribution >= 0.6 is 0 Å². The van der Waals surface area contributed by atoms with Crippen molar-refractivity contribution in [2.75, 3.05) is 27.2 Å². The van der Waals surface area contributed by atoms with E-state index in [0.29, 0.717) is 18.9 Å². The second-order valence-electron chi connectivity index (χ2n) is 5.50. The molecule has 0 spiro atoms. The lowest BCUT2D eigenvalue weighted by molar-refractivity contribution is -0.121. The number of amides is 1. The minimum Gasteiger partial charge on any atom is -0.356 e. The van der Waals surface area contributed by atoms with Crippen molar-refractivity contribution in [3.05, 3.63) is 36.0 Å². The van der Waals surface area contributed by atoms with E-state index in [1.807, 2.05) is 14.1 Å². The standard InChI is InChI=1S/C16H21FN4O2/c1-21(2)11-5-10-18-14(22)8-9-15-19-16(20-23-15)12-6-3-4-7-13(12)17/h3-4,6-7H,5,8-11H2,1-2H3,(H,18,22). The Balaban J connectivity index is 1.79. The van der Waals surface area contributed by atoms with Gasteiger partial charge in [-0.3, -0.25) is 4.79 Å². The van der Waals surface area contributed by atoms with Crippen molar-refractivity contribution in [2.24, 2.45) is 0 Å². The first-order chi connectivity index (χ1) is 11.1. The quantitative estimate of drug-likeness (QED) is 0.752. The van der Waals surface area contributed by atoms with E-state index in [1.54, 1.807) is 18.2 Å². The molecule has 0 aliphatic carbocycles. The average molecular weight is 320 g/mol. The van der Waals surface area contributed by atoms with Crippen LogP contribution in [0.5, 0.6) is 0 Å². The zero-order chi connectivity index (χ0) is 16.7. The van der Waals surface area contributed by atoms with E-state index in [9.17, 15) is 9.18 Å². The van der Waals surface area contributed by atoms with Gasteiger partial charge in [-0.15, -0.1) is 0 Å². The third-order valence-corrected chi connectivity index (χ3v) is 3.25. The number of aromatic nitrogens is 2. The molecule has 23 heavy (non-hydrogen) atoms. The molecule has 1 amide bonds. The molecule has 1 aromatic carbocycles. The number of carbonyl (C=O) groups excluding carboxylic acids is 1. The van der Waals surface area contributed by atoms with E-state index in [1.165, 1.54) is 6.07 Å². The van der Waals surface area contributed by atoms with Crippen LogP contribution in [0.1, 0.15) is 18.7 Å². The van der Waals surface area contributed by atoms with Gasteiger partial charge in [0.15, 0.2) is 0 Å². The van der Waals surface area contributed by atoms with Gasteiger partial charge < -0.3 is 14.7 Å². The molecular formula is C16H21FN4O2. The fourth-order valence-electron chi connectivity index (χ4n) is 2.04. The molecule has 0 atom stereocenters. The second kappa shape index (κ2) is 8.38. The molecule has 124 valence electrons. The highest BCUT2D eigenvalue weighted by molar-refractivity contribution is 5.75. The largest absolute Gasteiger partial charge is 0.356 e. The van der Waals surface area contributed by atoms with Crippen LogP contribution in [0.3, 0.4) is 0 Å². The van der Waals surface area contributed by atoms with E-state index in [0.717, 1.165) is 13.0 Å². The lowest BCUT2D eigenvalue weighted by Gasteiger charge is -2.09. The molecule has 2 aromatic rings. The average Bonchev–Trinajstić information content (AvgIpc) is 2.98. The zero-order valence-electron chi connectivity index (χ0n) is 13.4. The molecule has 0 radical (unpaired) electrons. The Labute approximate surface area is 134 Å². The Morgan fingerprint density at radius 2 is 2.13 bits per heavy atom. The molecule has 7 heteroatoms. The van der Waals surface area contributed by atoms with Crippen molar-refractivity contribution in [1.29, 1.82) is 0 Å². The molecule has 1 aromatic heterocycles. The van der Waals surface area contributed by atoms with Gasteiger partial charge >= 0.3 is 0 Å². The number of nitrogens with zero attached hydrogens (tertiary/aromatic N) is 3. The minimum absolute atomic E-state index is 0.0607. The van der Waals surface area contributed by atoms with Crippen LogP contribution in [-0.4, -0.2) is 48.1 Å². The van der Waals surface area contributed by atoms with Crippen LogP contribution in [0.4, 0.5) is 4.39 Å². The highest BCUT2D eigenvalue weighted by Gasteiger charge is 2.13. The maximum absolute atomic E-state index is 13.6. The predicted octanol–water partition coefficient (Wildman–Crippen LogP) is 1.88. The molecule has 0 unspecified atom stereocenters. The highest BCUT2D eigenvalue weighted by atomic mass is 19.1. The fraction of sp³-hybridized carbons (Fsp3) is 0.438. The zero-order valence-corrected chi connectivity index (χ0v) is 13.4. The highest BCUT2D eigenvalue weighted by Crippen LogP contribution is 2.19. The lowest BCUT2D eigenvalue weighted by atomic mass is 10.2. The Kier molecular flexibility index (Phi) is 6.22. The molecule has 0 fully saturated rings. The second-order valence-corrected chi connectivity index (χ2v) is 5.50. The summed E-state index contributed by atoms with van der Waals surface area (Å²) < 4.78 is 18.7. The first-order valence-electron chi connectivity index (χ1n) is 7.55. The third kappa shape index (κ3) is 5.45. The van der Waals surface area contributed by atoms with Gasteiger partial charge in [0.25, 0.3) is 0 Å². The first-order valence-corrected chi connectivity index (χ1v) is 7.55. The van der Waals surface area contributed by atoms with Crippen molar-refractivity contribution in [3.63, 3.8) is 0 Å². The summed E-state index contributed by atoms with van der Waals surface area (Å²) in [5, 5.41) is 6.60. The lowest BCUT2D eigenvalue weighted by Crippen LogP contribution is -2.27. The fourth-order valence-corrected chi connectivity index (χ4v) is 2.04. The Hall–Kier alpha value is -2.28. The summed E-state index contributed by atoms with van der Waals surface area (Å²) in [5.74, 6) is 0.0593.